The molecule has 2 rings (SSSR count). The van der Waals surface area contributed by atoms with Gasteiger partial charge in [-0.3, -0.25) is 0 Å². The molecule has 1 aromatic rings. The third kappa shape index (κ3) is 5.98. The summed E-state index contributed by atoms with van der Waals surface area (Å²) >= 11 is 0. The molecule has 1 fully saturated rings. The molecule has 1 aromatic heterocycles. The van der Waals surface area contributed by atoms with Crippen LogP contribution < -0.4 is 10.0 Å². The van der Waals surface area contributed by atoms with Gasteiger partial charge in [-0.1, -0.05) is 5.16 Å². The van der Waals surface area contributed by atoms with Crippen LogP contribution >= 0.6 is 0 Å². The second kappa shape index (κ2) is 7.14. The van der Waals surface area contributed by atoms with Crippen LogP contribution in [0.2, 0.25) is 0 Å². The Morgan fingerprint density at radius 2 is 2.10 bits per heavy atom. The second-order valence-corrected chi connectivity index (χ2v) is 7.05. The Balaban J connectivity index is 1.55. The molecule has 0 saturated heterocycles. The number of aryl methyl sites for hydroxylation is 1. The van der Waals surface area contributed by atoms with E-state index in [1.165, 1.54) is 12.8 Å². The summed E-state index contributed by atoms with van der Waals surface area (Å²) in [6.07, 6.45) is 4.53. The molecular weight excluding hydrogens is 280 g/mol. The van der Waals surface area contributed by atoms with Crippen molar-refractivity contribution >= 4 is 10.0 Å². The Hall–Kier alpha value is -0.990. The molecule has 1 saturated carbocycles. The largest absolute Gasteiger partial charge is 0.340 e. The van der Waals surface area contributed by atoms with Crippen LogP contribution in [0.25, 0.3) is 0 Å². The summed E-state index contributed by atoms with van der Waals surface area (Å²) in [7, 11) is -3.19. The highest BCUT2D eigenvalue weighted by Gasteiger charge is 2.19. The lowest BCUT2D eigenvalue weighted by Gasteiger charge is -2.06. The Morgan fingerprint density at radius 3 is 2.75 bits per heavy atom. The van der Waals surface area contributed by atoms with Gasteiger partial charge in [-0.05, 0) is 32.2 Å². The Kier molecular flexibility index (Phi) is 5.50. The molecule has 0 amide bonds. The molecule has 1 aliphatic carbocycles. The maximum absolute atomic E-state index is 11.7. The van der Waals surface area contributed by atoms with Crippen molar-refractivity contribution in [3.63, 3.8) is 0 Å². The minimum atomic E-state index is -3.19. The predicted molar refractivity (Wildman–Crippen MR) is 74.8 cm³/mol. The van der Waals surface area contributed by atoms with Crippen LogP contribution in [0.3, 0.4) is 0 Å². The van der Waals surface area contributed by atoms with Crippen molar-refractivity contribution in [2.45, 2.75) is 45.1 Å². The Bertz CT molecular complexity index is 511. The summed E-state index contributed by atoms with van der Waals surface area (Å²) < 4.78 is 30.9. The van der Waals surface area contributed by atoms with Gasteiger partial charge in [-0.25, -0.2) is 13.1 Å². The van der Waals surface area contributed by atoms with E-state index in [0.717, 1.165) is 13.0 Å². The van der Waals surface area contributed by atoms with Crippen LogP contribution in [0, 0.1) is 6.92 Å². The van der Waals surface area contributed by atoms with Gasteiger partial charge in [0.2, 0.25) is 15.9 Å². The summed E-state index contributed by atoms with van der Waals surface area (Å²) in [5, 5.41) is 7.08. The lowest BCUT2D eigenvalue weighted by Crippen LogP contribution is -2.29. The van der Waals surface area contributed by atoms with E-state index in [0.29, 0.717) is 37.1 Å². The third-order valence-electron chi connectivity index (χ3n) is 3.09. The molecule has 0 aromatic carbocycles. The summed E-state index contributed by atoms with van der Waals surface area (Å²) in [5.41, 5.74) is 0. The minimum absolute atomic E-state index is 0.171. The van der Waals surface area contributed by atoms with Crippen molar-refractivity contribution in [1.82, 2.24) is 20.2 Å². The number of sulfonamides is 1. The van der Waals surface area contributed by atoms with Crippen molar-refractivity contribution in [1.29, 1.82) is 0 Å². The van der Waals surface area contributed by atoms with E-state index in [-0.39, 0.29) is 5.75 Å². The average Bonchev–Trinajstić information content (AvgIpc) is 3.11. The standard InChI is InChI=1S/C12H22N4O3S/c1-10-15-12(16-19-10)6-8-14-20(17,18)9-3-2-7-13-11-4-5-11/h11,13-14H,2-9H2,1H3. The molecule has 0 radical (unpaired) electrons. The normalized spacial score (nSPS) is 15.7. The van der Waals surface area contributed by atoms with Crippen LogP contribution in [0.5, 0.6) is 0 Å². The smallest absolute Gasteiger partial charge is 0.223 e. The first-order chi connectivity index (χ1) is 9.55. The molecule has 2 N–H and O–H groups in total. The number of rotatable bonds is 10. The summed E-state index contributed by atoms with van der Waals surface area (Å²) in [6, 6.07) is 0.683. The van der Waals surface area contributed by atoms with Crippen LogP contribution in [0.1, 0.15) is 37.4 Å². The zero-order valence-corrected chi connectivity index (χ0v) is 12.6. The molecule has 8 heteroatoms. The van der Waals surface area contributed by atoms with Gasteiger partial charge in [0.1, 0.15) is 0 Å². The maximum atomic E-state index is 11.7. The molecule has 7 nitrogen and oxygen atoms in total. The number of hydrogen-bond donors (Lipinski definition) is 2. The topological polar surface area (TPSA) is 97.1 Å². The molecule has 0 spiro atoms. The molecule has 0 atom stereocenters. The van der Waals surface area contributed by atoms with Gasteiger partial charge >= 0.3 is 0 Å². The zero-order valence-electron chi connectivity index (χ0n) is 11.8. The Labute approximate surface area is 119 Å². The number of nitrogens with zero attached hydrogens (tertiary/aromatic N) is 2. The number of hydrogen-bond acceptors (Lipinski definition) is 6. The molecule has 0 bridgehead atoms. The number of unbranched alkanes of at least 4 members (excludes halogenated alkanes) is 1. The van der Waals surface area contributed by atoms with Gasteiger partial charge < -0.3 is 9.84 Å². The average molecular weight is 302 g/mol. The summed E-state index contributed by atoms with van der Waals surface area (Å²) in [4.78, 5) is 4.02. The minimum Gasteiger partial charge on any atom is -0.340 e. The highest BCUT2D eigenvalue weighted by atomic mass is 32.2. The number of nitrogens with one attached hydrogen (secondary N) is 2. The van der Waals surface area contributed by atoms with E-state index >= 15 is 0 Å². The summed E-state index contributed by atoms with van der Waals surface area (Å²) in [5.74, 6) is 1.19. The van der Waals surface area contributed by atoms with Crippen LogP contribution in [0.15, 0.2) is 4.52 Å². The fourth-order valence-corrected chi connectivity index (χ4v) is 2.99. The van der Waals surface area contributed by atoms with E-state index in [4.69, 9.17) is 4.52 Å². The van der Waals surface area contributed by atoms with Gasteiger partial charge in [-0.15, -0.1) is 0 Å². The first kappa shape index (κ1) is 15.4. The third-order valence-corrected chi connectivity index (χ3v) is 4.56. The van der Waals surface area contributed by atoms with E-state index in [1.54, 1.807) is 6.92 Å². The monoisotopic (exact) mass is 302 g/mol. The van der Waals surface area contributed by atoms with E-state index in [2.05, 4.69) is 20.2 Å². The lowest BCUT2D eigenvalue weighted by atomic mass is 10.3. The molecule has 114 valence electrons. The van der Waals surface area contributed by atoms with Gasteiger partial charge in [0, 0.05) is 25.9 Å². The fourth-order valence-electron chi connectivity index (χ4n) is 1.84. The van der Waals surface area contributed by atoms with Crippen molar-refractivity contribution in [3.8, 4) is 0 Å². The molecule has 1 aliphatic rings. The lowest BCUT2D eigenvalue weighted by molar-refractivity contribution is 0.387. The number of aromatic nitrogens is 2. The maximum Gasteiger partial charge on any atom is 0.223 e. The van der Waals surface area contributed by atoms with Gasteiger partial charge in [-0.2, -0.15) is 4.98 Å². The van der Waals surface area contributed by atoms with Crippen molar-refractivity contribution in [2.24, 2.45) is 0 Å². The van der Waals surface area contributed by atoms with Gasteiger partial charge in [0.15, 0.2) is 5.82 Å². The van der Waals surface area contributed by atoms with Crippen LogP contribution in [0.4, 0.5) is 0 Å². The molecule has 1 heterocycles. The first-order valence-corrected chi connectivity index (χ1v) is 8.70. The second-order valence-electron chi connectivity index (χ2n) is 5.13. The van der Waals surface area contributed by atoms with E-state index in [9.17, 15) is 8.42 Å². The van der Waals surface area contributed by atoms with Gasteiger partial charge in [0.05, 0.1) is 5.75 Å². The molecular formula is C12H22N4O3S. The first-order valence-electron chi connectivity index (χ1n) is 7.05. The Morgan fingerprint density at radius 1 is 1.30 bits per heavy atom. The highest BCUT2D eigenvalue weighted by molar-refractivity contribution is 7.89. The molecule has 20 heavy (non-hydrogen) atoms. The predicted octanol–water partition coefficient (Wildman–Crippen LogP) is 0.372. The fraction of sp³-hybridized carbons (Fsp3) is 0.833. The van der Waals surface area contributed by atoms with E-state index < -0.39 is 10.0 Å². The van der Waals surface area contributed by atoms with Crippen molar-refractivity contribution in [3.05, 3.63) is 11.7 Å². The van der Waals surface area contributed by atoms with Gasteiger partial charge in [0.25, 0.3) is 0 Å². The molecule has 0 aliphatic heterocycles. The van der Waals surface area contributed by atoms with Crippen LogP contribution in [-0.2, 0) is 16.4 Å². The molecule has 0 unspecified atom stereocenters. The SMILES string of the molecule is Cc1nc(CCNS(=O)(=O)CCCCNC2CC2)no1. The van der Waals surface area contributed by atoms with E-state index in [1.807, 2.05) is 0 Å². The van der Waals surface area contributed by atoms with Crippen molar-refractivity contribution in [2.75, 3.05) is 18.8 Å². The summed E-state index contributed by atoms with van der Waals surface area (Å²) in [6.45, 7) is 2.92. The van der Waals surface area contributed by atoms with Crippen LogP contribution in [-0.4, -0.2) is 43.4 Å². The quantitative estimate of drug-likeness (QED) is 0.606. The zero-order chi connectivity index (χ0) is 14.4. The highest BCUT2D eigenvalue weighted by Crippen LogP contribution is 2.18. The van der Waals surface area contributed by atoms with Crippen molar-refractivity contribution < 1.29 is 12.9 Å².